The van der Waals surface area contributed by atoms with Crippen LogP contribution in [0.4, 0.5) is 0 Å². The minimum atomic E-state index is -0.146. The number of nitrogens with two attached hydrogens (primary N) is 1. The first-order valence-corrected chi connectivity index (χ1v) is 4.29. The molecule has 0 fully saturated rings. The monoisotopic (exact) mass is 176 g/mol. The van der Waals surface area contributed by atoms with Gasteiger partial charge in [-0.1, -0.05) is 6.07 Å². The van der Waals surface area contributed by atoms with E-state index in [0.29, 0.717) is 5.89 Å². The number of oxazole rings is 1. The van der Waals surface area contributed by atoms with Crippen molar-refractivity contribution in [1.29, 1.82) is 0 Å². The van der Waals surface area contributed by atoms with Crippen molar-refractivity contribution in [2.75, 3.05) is 0 Å². The van der Waals surface area contributed by atoms with Gasteiger partial charge in [0, 0.05) is 0 Å². The van der Waals surface area contributed by atoms with E-state index in [1.807, 2.05) is 32.0 Å². The molecule has 0 bridgehead atoms. The standard InChI is InChI=1S/C10H12N2O/c1-6-3-4-8-9(5-6)13-10(12-8)7(2)11/h3-5,7H,11H2,1-2H3. The zero-order valence-corrected chi connectivity index (χ0v) is 7.74. The van der Waals surface area contributed by atoms with Crippen molar-refractivity contribution < 1.29 is 4.42 Å². The van der Waals surface area contributed by atoms with Crippen molar-refractivity contribution in [3.63, 3.8) is 0 Å². The van der Waals surface area contributed by atoms with Crippen LogP contribution in [-0.2, 0) is 0 Å². The molecule has 1 heterocycles. The number of rotatable bonds is 1. The quantitative estimate of drug-likeness (QED) is 0.724. The van der Waals surface area contributed by atoms with E-state index >= 15 is 0 Å². The lowest BCUT2D eigenvalue weighted by atomic mass is 10.2. The summed E-state index contributed by atoms with van der Waals surface area (Å²) in [7, 11) is 0. The Morgan fingerprint density at radius 2 is 2.23 bits per heavy atom. The number of hydrogen-bond acceptors (Lipinski definition) is 3. The van der Waals surface area contributed by atoms with Crippen LogP contribution in [0, 0.1) is 6.92 Å². The molecule has 1 aromatic heterocycles. The first kappa shape index (κ1) is 8.26. The van der Waals surface area contributed by atoms with E-state index in [9.17, 15) is 0 Å². The SMILES string of the molecule is Cc1ccc2nc(C(C)N)oc2c1. The summed E-state index contributed by atoms with van der Waals surface area (Å²) in [6.07, 6.45) is 0. The summed E-state index contributed by atoms with van der Waals surface area (Å²) in [5.41, 5.74) is 8.51. The third kappa shape index (κ3) is 1.42. The van der Waals surface area contributed by atoms with E-state index < -0.39 is 0 Å². The van der Waals surface area contributed by atoms with Gasteiger partial charge >= 0.3 is 0 Å². The van der Waals surface area contributed by atoms with Gasteiger partial charge in [0.05, 0.1) is 6.04 Å². The van der Waals surface area contributed by atoms with Crippen LogP contribution in [0.1, 0.15) is 24.4 Å². The molecule has 1 atom stereocenters. The van der Waals surface area contributed by atoms with Crippen molar-refractivity contribution in [2.24, 2.45) is 5.73 Å². The van der Waals surface area contributed by atoms with Crippen molar-refractivity contribution >= 4 is 11.1 Å². The van der Waals surface area contributed by atoms with E-state index in [1.54, 1.807) is 0 Å². The van der Waals surface area contributed by atoms with E-state index in [4.69, 9.17) is 10.2 Å². The lowest BCUT2D eigenvalue weighted by molar-refractivity contribution is 0.492. The molecular weight excluding hydrogens is 164 g/mol. The van der Waals surface area contributed by atoms with Gasteiger partial charge in [-0.3, -0.25) is 0 Å². The molecule has 1 aromatic carbocycles. The second kappa shape index (κ2) is 2.85. The lowest BCUT2D eigenvalue weighted by Gasteiger charge is -1.94. The van der Waals surface area contributed by atoms with E-state index in [2.05, 4.69) is 4.98 Å². The fourth-order valence-corrected chi connectivity index (χ4v) is 1.24. The second-order valence-corrected chi connectivity index (χ2v) is 3.31. The predicted molar refractivity (Wildman–Crippen MR) is 51.3 cm³/mol. The molecule has 2 rings (SSSR count). The molecule has 13 heavy (non-hydrogen) atoms. The highest BCUT2D eigenvalue weighted by Crippen LogP contribution is 2.19. The van der Waals surface area contributed by atoms with Crippen molar-refractivity contribution in [3.05, 3.63) is 29.7 Å². The van der Waals surface area contributed by atoms with Crippen molar-refractivity contribution in [2.45, 2.75) is 19.9 Å². The Morgan fingerprint density at radius 1 is 1.46 bits per heavy atom. The van der Waals surface area contributed by atoms with Gasteiger partial charge in [-0.15, -0.1) is 0 Å². The molecule has 2 aromatic rings. The molecule has 0 amide bonds. The average molecular weight is 176 g/mol. The molecule has 3 nitrogen and oxygen atoms in total. The lowest BCUT2D eigenvalue weighted by Crippen LogP contribution is -2.04. The maximum atomic E-state index is 5.66. The molecule has 2 N–H and O–H groups in total. The molecular formula is C10H12N2O. The topological polar surface area (TPSA) is 52.0 Å². The van der Waals surface area contributed by atoms with Crippen LogP contribution in [0.25, 0.3) is 11.1 Å². The Hall–Kier alpha value is -1.35. The molecule has 0 aliphatic rings. The molecule has 0 spiro atoms. The first-order valence-electron chi connectivity index (χ1n) is 4.29. The van der Waals surface area contributed by atoms with Crippen molar-refractivity contribution in [3.8, 4) is 0 Å². The number of benzene rings is 1. The van der Waals surface area contributed by atoms with Gasteiger partial charge in [-0.2, -0.15) is 0 Å². The maximum absolute atomic E-state index is 5.66. The van der Waals surface area contributed by atoms with E-state index in [-0.39, 0.29) is 6.04 Å². The van der Waals surface area contributed by atoms with Gasteiger partial charge in [-0.25, -0.2) is 4.98 Å². The van der Waals surface area contributed by atoms with Crippen LogP contribution in [0.3, 0.4) is 0 Å². The summed E-state index contributed by atoms with van der Waals surface area (Å²) in [4.78, 5) is 4.26. The highest BCUT2D eigenvalue weighted by molar-refractivity contribution is 5.73. The summed E-state index contributed by atoms with van der Waals surface area (Å²) in [6.45, 7) is 3.88. The molecule has 0 aliphatic heterocycles. The normalized spacial score (nSPS) is 13.5. The fourth-order valence-electron chi connectivity index (χ4n) is 1.24. The Labute approximate surface area is 76.6 Å². The number of fused-ring (bicyclic) bond motifs is 1. The molecule has 0 aliphatic carbocycles. The smallest absolute Gasteiger partial charge is 0.212 e. The third-order valence-electron chi connectivity index (χ3n) is 1.95. The average Bonchev–Trinajstić information content (AvgIpc) is 2.46. The minimum absolute atomic E-state index is 0.146. The minimum Gasteiger partial charge on any atom is -0.439 e. The van der Waals surface area contributed by atoms with Gasteiger partial charge in [-0.05, 0) is 31.5 Å². The summed E-state index contributed by atoms with van der Waals surface area (Å²) in [5.74, 6) is 0.598. The molecule has 0 radical (unpaired) electrons. The Kier molecular flexibility index (Phi) is 1.81. The van der Waals surface area contributed by atoms with Crippen LogP contribution < -0.4 is 5.73 Å². The molecule has 0 saturated carbocycles. The van der Waals surface area contributed by atoms with Gasteiger partial charge in [0.25, 0.3) is 0 Å². The summed E-state index contributed by atoms with van der Waals surface area (Å²) >= 11 is 0. The van der Waals surface area contributed by atoms with Crippen LogP contribution in [0.2, 0.25) is 0 Å². The second-order valence-electron chi connectivity index (χ2n) is 3.31. The first-order chi connectivity index (χ1) is 6.16. The number of hydrogen-bond donors (Lipinski definition) is 1. The number of aromatic nitrogens is 1. The Bertz CT molecular complexity index is 431. The predicted octanol–water partition coefficient (Wildman–Crippen LogP) is 2.16. The highest BCUT2D eigenvalue weighted by Gasteiger charge is 2.08. The van der Waals surface area contributed by atoms with Gasteiger partial charge < -0.3 is 10.2 Å². The molecule has 1 unspecified atom stereocenters. The zero-order chi connectivity index (χ0) is 9.42. The Morgan fingerprint density at radius 3 is 2.92 bits per heavy atom. The van der Waals surface area contributed by atoms with Gasteiger partial charge in [0.2, 0.25) is 5.89 Å². The Balaban J connectivity index is 2.62. The molecule has 68 valence electrons. The van der Waals surface area contributed by atoms with Crippen LogP contribution in [0.5, 0.6) is 0 Å². The van der Waals surface area contributed by atoms with E-state index in [0.717, 1.165) is 11.1 Å². The van der Waals surface area contributed by atoms with Crippen LogP contribution >= 0.6 is 0 Å². The molecule has 3 heteroatoms. The van der Waals surface area contributed by atoms with Crippen LogP contribution in [0.15, 0.2) is 22.6 Å². The zero-order valence-electron chi connectivity index (χ0n) is 7.74. The third-order valence-corrected chi connectivity index (χ3v) is 1.95. The van der Waals surface area contributed by atoms with E-state index in [1.165, 1.54) is 5.56 Å². The van der Waals surface area contributed by atoms with Gasteiger partial charge in [0.1, 0.15) is 5.52 Å². The fraction of sp³-hybridized carbons (Fsp3) is 0.300. The summed E-state index contributed by atoms with van der Waals surface area (Å²) in [6, 6.07) is 5.78. The van der Waals surface area contributed by atoms with Crippen LogP contribution in [-0.4, -0.2) is 4.98 Å². The van der Waals surface area contributed by atoms with Crippen molar-refractivity contribution in [1.82, 2.24) is 4.98 Å². The highest BCUT2D eigenvalue weighted by atomic mass is 16.3. The number of aryl methyl sites for hydroxylation is 1. The summed E-state index contributed by atoms with van der Waals surface area (Å²) < 4.78 is 5.47. The number of nitrogens with zero attached hydrogens (tertiary/aromatic N) is 1. The molecule has 0 saturated heterocycles. The largest absolute Gasteiger partial charge is 0.439 e. The summed E-state index contributed by atoms with van der Waals surface area (Å²) in [5, 5.41) is 0. The van der Waals surface area contributed by atoms with Gasteiger partial charge in [0.15, 0.2) is 5.58 Å². The maximum Gasteiger partial charge on any atom is 0.212 e.